The molecule has 0 unspecified atom stereocenters. The zero-order valence-corrected chi connectivity index (χ0v) is 17.4. The second kappa shape index (κ2) is 8.86. The average molecular weight is 402 g/mol. The van der Waals surface area contributed by atoms with E-state index in [2.05, 4.69) is 42.9 Å². The van der Waals surface area contributed by atoms with Gasteiger partial charge in [0.15, 0.2) is 5.16 Å². The third-order valence-corrected chi connectivity index (χ3v) is 5.61. The van der Waals surface area contributed by atoms with E-state index in [1.165, 1.54) is 23.9 Å². The number of hydrogen-bond acceptors (Lipinski definition) is 3. The van der Waals surface area contributed by atoms with Gasteiger partial charge in [-0.25, -0.2) is 8.78 Å². The van der Waals surface area contributed by atoms with Crippen LogP contribution in [0.15, 0.2) is 41.6 Å². The van der Waals surface area contributed by atoms with Gasteiger partial charge >= 0.3 is 0 Å². The molecule has 2 aromatic carbocycles. The molecule has 1 aromatic heterocycles. The van der Waals surface area contributed by atoms with Gasteiger partial charge in [0.25, 0.3) is 0 Å². The highest BCUT2D eigenvalue weighted by atomic mass is 32.2. The molecule has 0 saturated carbocycles. The summed E-state index contributed by atoms with van der Waals surface area (Å²) in [5.74, 6) is 1.45. The maximum absolute atomic E-state index is 14.1. The number of rotatable bonds is 7. The number of benzene rings is 2. The highest BCUT2D eigenvalue weighted by Crippen LogP contribution is 2.31. The molecule has 0 radical (unpaired) electrons. The molecule has 0 aliphatic carbocycles. The van der Waals surface area contributed by atoms with Crippen LogP contribution in [0, 0.1) is 11.6 Å². The van der Waals surface area contributed by atoms with Gasteiger partial charge in [-0.05, 0) is 58.4 Å². The lowest BCUT2D eigenvalue weighted by Crippen LogP contribution is -2.06. The van der Waals surface area contributed by atoms with Crippen molar-refractivity contribution in [2.24, 2.45) is 0 Å². The van der Waals surface area contributed by atoms with Gasteiger partial charge in [-0.15, -0.1) is 10.2 Å². The maximum atomic E-state index is 14.1. The van der Waals surface area contributed by atoms with Crippen LogP contribution in [0.5, 0.6) is 0 Å². The highest BCUT2D eigenvalue weighted by Gasteiger charge is 2.18. The Hall–Kier alpha value is -2.21. The van der Waals surface area contributed by atoms with Gasteiger partial charge in [0.2, 0.25) is 0 Å². The summed E-state index contributed by atoms with van der Waals surface area (Å²) < 4.78 is 27.1. The summed E-state index contributed by atoms with van der Waals surface area (Å²) in [6.45, 7) is 8.30. The van der Waals surface area contributed by atoms with Crippen LogP contribution in [0.1, 0.15) is 67.6 Å². The summed E-state index contributed by atoms with van der Waals surface area (Å²) in [7, 11) is 0. The van der Waals surface area contributed by atoms with E-state index in [0.717, 1.165) is 33.2 Å². The van der Waals surface area contributed by atoms with Crippen LogP contribution < -0.4 is 0 Å². The van der Waals surface area contributed by atoms with Crippen LogP contribution in [0.2, 0.25) is 0 Å². The van der Waals surface area contributed by atoms with Crippen molar-refractivity contribution in [3.63, 3.8) is 0 Å². The first kappa shape index (κ1) is 20.5. The molecule has 0 aliphatic rings. The molecule has 148 valence electrons. The van der Waals surface area contributed by atoms with Gasteiger partial charge in [-0.3, -0.25) is 0 Å². The summed E-state index contributed by atoms with van der Waals surface area (Å²) in [5.41, 5.74) is 4.17. The molecule has 3 rings (SSSR count). The zero-order valence-electron chi connectivity index (χ0n) is 16.6. The SMILES string of the molecule is CC(C)c1cc(F)cc(C(C)C)c1Cc1nnc(SCc2ccc(F)cc2)[nH]1. The van der Waals surface area contributed by atoms with Crippen LogP contribution in [0.4, 0.5) is 8.78 Å². The first-order valence-electron chi connectivity index (χ1n) is 9.44. The van der Waals surface area contributed by atoms with Crippen LogP contribution in [0.25, 0.3) is 0 Å². The van der Waals surface area contributed by atoms with Crippen LogP contribution in [-0.2, 0) is 12.2 Å². The molecule has 0 bridgehead atoms. The van der Waals surface area contributed by atoms with Crippen molar-refractivity contribution in [2.45, 2.75) is 56.9 Å². The van der Waals surface area contributed by atoms with Crippen LogP contribution in [0.3, 0.4) is 0 Å². The first-order valence-corrected chi connectivity index (χ1v) is 10.4. The summed E-state index contributed by atoms with van der Waals surface area (Å²) >= 11 is 1.52. The molecule has 28 heavy (non-hydrogen) atoms. The first-order chi connectivity index (χ1) is 13.3. The normalized spacial score (nSPS) is 11.6. The minimum Gasteiger partial charge on any atom is -0.320 e. The molecule has 0 amide bonds. The van der Waals surface area contributed by atoms with E-state index in [1.54, 1.807) is 24.3 Å². The predicted molar refractivity (Wildman–Crippen MR) is 110 cm³/mol. The summed E-state index contributed by atoms with van der Waals surface area (Å²) in [6.07, 6.45) is 0.589. The van der Waals surface area contributed by atoms with Crippen molar-refractivity contribution < 1.29 is 8.78 Å². The van der Waals surface area contributed by atoms with E-state index < -0.39 is 0 Å². The second-order valence-electron chi connectivity index (χ2n) is 7.54. The monoisotopic (exact) mass is 401 g/mol. The number of H-pyrrole nitrogens is 1. The lowest BCUT2D eigenvalue weighted by atomic mass is 9.87. The number of halogens is 2. The largest absolute Gasteiger partial charge is 0.320 e. The molecular formula is C22H25F2N3S. The van der Waals surface area contributed by atoms with E-state index in [-0.39, 0.29) is 23.5 Å². The van der Waals surface area contributed by atoms with Gasteiger partial charge < -0.3 is 4.98 Å². The number of nitrogens with one attached hydrogen (secondary N) is 1. The minimum absolute atomic E-state index is 0.190. The molecular weight excluding hydrogens is 376 g/mol. The number of thioether (sulfide) groups is 1. The van der Waals surface area contributed by atoms with Crippen molar-refractivity contribution >= 4 is 11.8 Å². The molecule has 0 saturated heterocycles. The third-order valence-electron chi connectivity index (χ3n) is 4.67. The lowest BCUT2D eigenvalue weighted by Gasteiger charge is -2.19. The van der Waals surface area contributed by atoms with Gasteiger partial charge in [0.05, 0.1) is 0 Å². The fourth-order valence-electron chi connectivity index (χ4n) is 3.24. The highest BCUT2D eigenvalue weighted by molar-refractivity contribution is 7.98. The predicted octanol–water partition coefficient (Wildman–Crippen LogP) is 6.21. The fourth-order valence-corrected chi connectivity index (χ4v) is 4.02. The Kier molecular flexibility index (Phi) is 6.50. The van der Waals surface area contributed by atoms with E-state index in [4.69, 9.17) is 0 Å². The number of nitrogens with zero attached hydrogens (tertiary/aromatic N) is 2. The van der Waals surface area contributed by atoms with Crippen molar-refractivity contribution in [1.82, 2.24) is 15.2 Å². The van der Waals surface area contributed by atoms with E-state index in [9.17, 15) is 8.78 Å². The standard InChI is InChI=1S/C22H25F2N3S/c1-13(2)18-9-17(24)10-19(14(3)4)20(18)11-21-25-22(27-26-21)28-12-15-5-7-16(23)8-6-15/h5-10,13-14H,11-12H2,1-4H3,(H,25,26,27). The third kappa shape index (κ3) is 4.98. The maximum Gasteiger partial charge on any atom is 0.188 e. The van der Waals surface area contributed by atoms with Gasteiger partial charge in [0, 0.05) is 12.2 Å². The second-order valence-corrected chi connectivity index (χ2v) is 8.51. The summed E-state index contributed by atoms with van der Waals surface area (Å²) in [5, 5.41) is 9.22. The average Bonchev–Trinajstić information content (AvgIpc) is 3.09. The summed E-state index contributed by atoms with van der Waals surface area (Å²) in [6, 6.07) is 9.71. The van der Waals surface area contributed by atoms with Crippen LogP contribution in [-0.4, -0.2) is 15.2 Å². The quantitative estimate of drug-likeness (QED) is 0.478. The molecule has 0 fully saturated rings. The van der Waals surface area contributed by atoms with Crippen molar-refractivity contribution in [3.05, 3.63) is 76.1 Å². The van der Waals surface area contributed by atoms with E-state index in [0.29, 0.717) is 12.2 Å². The fraction of sp³-hybridized carbons (Fsp3) is 0.364. The molecule has 3 aromatic rings. The Bertz CT molecular complexity index is 904. The Morgan fingerprint density at radius 1 is 0.893 bits per heavy atom. The van der Waals surface area contributed by atoms with E-state index in [1.807, 2.05) is 0 Å². The van der Waals surface area contributed by atoms with Gasteiger partial charge in [-0.1, -0.05) is 51.6 Å². The molecule has 0 spiro atoms. The number of aromatic nitrogens is 3. The van der Waals surface area contributed by atoms with Crippen molar-refractivity contribution in [2.75, 3.05) is 0 Å². The smallest absolute Gasteiger partial charge is 0.188 e. The Balaban J connectivity index is 1.78. The number of hydrogen-bond donors (Lipinski definition) is 1. The van der Waals surface area contributed by atoms with Crippen LogP contribution >= 0.6 is 11.8 Å². The molecule has 1 heterocycles. The molecule has 1 N–H and O–H groups in total. The lowest BCUT2D eigenvalue weighted by molar-refractivity contribution is 0.615. The Labute approximate surface area is 169 Å². The molecule has 0 aliphatic heterocycles. The zero-order chi connectivity index (χ0) is 20.3. The summed E-state index contributed by atoms with van der Waals surface area (Å²) in [4.78, 5) is 3.26. The topological polar surface area (TPSA) is 41.6 Å². The molecule has 6 heteroatoms. The van der Waals surface area contributed by atoms with E-state index >= 15 is 0 Å². The Morgan fingerprint density at radius 3 is 2.07 bits per heavy atom. The number of aromatic amines is 1. The van der Waals surface area contributed by atoms with Crippen molar-refractivity contribution in [3.8, 4) is 0 Å². The molecule has 3 nitrogen and oxygen atoms in total. The molecule has 0 atom stereocenters. The van der Waals surface area contributed by atoms with Gasteiger partial charge in [0.1, 0.15) is 17.5 Å². The minimum atomic E-state index is -0.239. The van der Waals surface area contributed by atoms with Crippen molar-refractivity contribution in [1.29, 1.82) is 0 Å². The Morgan fingerprint density at radius 2 is 1.50 bits per heavy atom. The van der Waals surface area contributed by atoms with Gasteiger partial charge in [-0.2, -0.15) is 0 Å².